The van der Waals surface area contributed by atoms with Crippen molar-refractivity contribution in [2.75, 3.05) is 45.0 Å². The molecule has 12 amide bonds. The lowest BCUT2D eigenvalue weighted by Gasteiger charge is -2.39. The Bertz CT molecular complexity index is 3920. The fourth-order valence-electron chi connectivity index (χ4n) is 12.6. The number of nitrogens with one attached hydrogen (secondary N) is 12. The number of phenolic OH excluding ortho intramolecular Hbond substituents is 1. The number of carbonyl (C=O) groups is 14. The molecule has 0 radical (unpaired) electrons. The van der Waals surface area contributed by atoms with Crippen LogP contribution >= 0.6 is 32.9 Å². The Morgan fingerprint density at radius 3 is 2.06 bits per heavy atom. The lowest BCUT2D eigenvalue weighted by molar-refractivity contribution is -0.159. The molecule has 0 aliphatic carbocycles. The van der Waals surface area contributed by atoms with E-state index in [2.05, 4.69) is 73.7 Å². The van der Waals surface area contributed by atoms with Crippen molar-refractivity contribution < 1.29 is 102 Å². The Hall–Kier alpha value is -10.3. The molecule has 652 valence electrons. The highest BCUT2D eigenvalue weighted by Gasteiger charge is 2.40. The number of hydrogen-bond donors (Lipinski definition) is 17. The van der Waals surface area contributed by atoms with Crippen LogP contribution in [0.1, 0.15) is 189 Å². The average molecular weight is 1710 g/mol. The number of thiazole rings is 1. The van der Waals surface area contributed by atoms with Crippen molar-refractivity contribution in [3.8, 4) is 5.75 Å². The number of carbonyl (C=O) groups excluding carboxylic acids is 11. The number of esters is 1. The molecule has 3 heterocycles. The second kappa shape index (κ2) is 51.8. The summed E-state index contributed by atoms with van der Waals surface area (Å²) in [6.45, 7) is 15.0. The summed E-state index contributed by atoms with van der Waals surface area (Å²) in [6.07, 6.45) is 4.19. The molecule has 1 aliphatic heterocycles. The van der Waals surface area contributed by atoms with Gasteiger partial charge in [-0.2, -0.15) is 0 Å². The van der Waals surface area contributed by atoms with Crippen LogP contribution in [-0.2, 0) is 83.2 Å². The molecule has 17 N–H and O–H groups in total. The Morgan fingerprint density at radius 1 is 0.703 bits per heavy atom. The number of hydrazine groups is 1. The maximum Gasteiger partial charge on any atom is 0.426 e. The molecule has 2 aromatic carbocycles. The predicted octanol–water partition coefficient (Wildman–Crippen LogP) is 5.08. The van der Waals surface area contributed by atoms with Crippen molar-refractivity contribution >= 4 is 116 Å². The van der Waals surface area contributed by atoms with Crippen LogP contribution in [-0.4, -0.2) is 233 Å². The van der Waals surface area contributed by atoms with Crippen LogP contribution in [0.4, 0.5) is 14.4 Å². The largest absolute Gasteiger partial charge is 0.508 e. The maximum atomic E-state index is 14.8. The number of hydrogen-bond acceptors (Lipinski definition) is 24. The number of amides is 12. The summed E-state index contributed by atoms with van der Waals surface area (Å²) in [7, 11) is 4.52. The fraction of sp³-hybridized carbons (Fsp3) is 0.590. The number of unbranched alkanes of at least 4 members (excludes halogenated alkanes) is 1. The number of aliphatic carboxylic acids is 3. The van der Waals surface area contributed by atoms with E-state index in [-0.39, 0.29) is 104 Å². The lowest BCUT2D eigenvalue weighted by atomic mass is 9.92. The van der Waals surface area contributed by atoms with Gasteiger partial charge in [-0.1, -0.05) is 112 Å². The number of rotatable bonds is 51. The first-order chi connectivity index (χ1) is 56.1. The van der Waals surface area contributed by atoms with Crippen LogP contribution in [0, 0.1) is 17.8 Å². The second-order valence-corrected chi connectivity index (χ2v) is 33.1. The minimum Gasteiger partial charge on any atom is -0.508 e. The molecule has 37 nitrogen and oxygen atoms in total. The van der Waals surface area contributed by atoms with Crippen LogP contribution < -0.4 is 58.7 Å². The molecular weight excluding hydrogens is 1590 g/mol. The highest BCUT2D eigenvalue weighted by atomic mass is 33.1. The molecule has 0 spiro atoms. The predicted molar refractivity (Wildman–Crippen MR) is 439 cm³/mol. The Morgan fingerprint density at radius 2 is 1.41 bits per heavy atom. The molecule has 0 bridgehead atoms. The number of carboxylic acid groups (broad SMARTS) is 3. The van der Waals surface area contributed by atoms with Gasteiger partial charge in [0.1, 0.15) is 53.3 Å². The van der Waals surface area contributed by atoms with Crippen molar-refractivity contribution in [2.24, 2.45) is 17.8 Å². The third-order valence-corrected chi connectivity index (χ3v) is 22.9. The summed E-state index contributed by atoms with van der Waals surface area (Å²) in [6, 6.07) is 3.73. The van der Waals surface area contributed by atoms with E-state index in [1.165, 1.54) is 56.5 Å². The Kier molecular flexibility index (Phi) is 43.1. The van der Waals surface area contributed by atoms with Crippen molar-refractivity contribution in [3.63, 3.8) is 0 Å². The summed E-state index contributed by atoms with van der Waals surface area (Å²) in [5.74, 6) is -9.56. The normalized spacial score (nSPS) is 15.5. The van der Waals surface area contributed by atoms with Gasteiger partial charge in [0.2, 0.25) is 35.4 Å². The molecule has 2 aromatic heterocycles. The number of benzene rings is 2. The fourth-order valence-corrected chi connectivity index (χ4v) is 15.5. The summed E-state index contributed by atoms with van der Waals surface area (Å²) < 4.78 is 10.9. The van der Waals surface area contributed by atoms with Gasteiger partial charge >= 0.3 is 42.0 Å². The second-order valence-electron chi connectivity index (χ2n) is 29.6. The highest BCUT2D eigenvalue weighted by molar-refractivity contribution is 8.76. The number of ether oxygens (including phenoxy) is 2. The third kappa shape index (κ3) is 36.3. The van der Waals surface area contributed by atoms with Gasteiger partial charge in [-0.25, -0.2) is 34.6 Å². The van der Waals surface area contributed by atoms with Crippen molar-refractivity contribution in [1.29, 1.82) is 0 Å². The summed E-state index contributed by atoms with van der Waals surface area (Å²) in [5, 5.41) is 75.6. The van der Waals surface area contributed by atoms with E-state index in [9.17, 15) is 87.5 Å². The number of urea groups is 2. The molecule has 118 heavy (non-hydrogen) atoms. The van der Waals surface area contributed by atoms with Crippen molar-refractivity contribution in [2.45, 2.75) is 232 Å². The molecule has 40 heteroatoms. The molecule has 5 rings (SSSR count). The van der Waals surface area contributed by atoms with Crippen molar-refractivity contribution in [1.82, 2.24) is 83.5 Å². The number of likely N-dealkylation sites (tertiary alicyclic amines) is 1. The number of aliphatic hydroxyl groups excluding tert-OH is 1. The number of H-pyrrole nitrogens is 1. The monoisotopic (exact) mass is 1710 g/mol. The van der Waals surface area contributed by atoms with E-state index in [1.54, 1.807) is 57.2 Å². The number of piperidine rings is 1. The standard InChI is InChI=1S/C78H116N16O21S3/c1-10-16-66(102)115-44-94(74(108)67(46(5)11-2)90-72(107)60-18-13-15-30-93(60)9)61(45(3)4)38-62(96)73-88-59(42-116-73)71(106)85-53(34-50-23-25-55(95)26-24-50)33-47(6)68(103)91-92-78(113)114-31-32-117-118-41-49(8)83-69(104)57(36-54-40-79-43-82-54)87-70(105)58(37-65(100)101)86-63(97)35-51-19-21-52(22-20-51)39-81-76(111)80-29-14-12-17-48(7)84-77(112)89-56(75(109)110)27-28-64(98)99/h19-26,40,42-43,45-49,53,56-58,60-62,67,95-96H,10-18,27-39,41,44H2,1-9H3,(H,79,82)(H,83,104)(H,85,106)(H,86,97)(H,87,105)(H,90,107)(H,91,103)(H,92,113)(H,98,99)(H,100,101)(H,109,110)(H2,80,81,111)(H2,84,89,112)/t46?,47-,48+,49+,53+,56-,57-,58-,60+,61+,62+,67-/m0/s1. The average Bonchev–Trinajstić information content (AvgIpc) is 1.21. The minimum absolute atomic E-state index is 0.0118. The van der Waals surface area contributed by atoms with E-state index in [0.717, 1.165) is 30.7 Å². The summed E-state index contributed by atoms with van der Waals surface area (Å²) >= 11 is 1.02. The molecule has 0 saturated carbocycles. The number of aromatic hydroxyl groups is 1. The van der Waals surface area contributed by atoms with E-state index in [0.29, 0.717) is 73.2 Å². The first-order valence-corrected chi connectivity index (χ1v) is 42.9. The Labute approximate surface area is 697 Å². The number of aromatic amines is 1. The first-order valence-electron chi connectivity index (χ1n) is 39.5. The van der Waals surface area contributed by atoms with E-state index in [4.69, 9.17) is 14.6 Å². The van der Waals surface area contributed by atoms with Crippen LogP contribution in [0.2, 0.25) is 0 Å². The molecule has 1 fully saturated rings. The number of likely N-dealkylation sites (N-methyl/N-ethyl adjacent to an activating group) is 1. The molecule has 12 atom stereocenters. The van der Waals surface area contributed by atoms with Gasteiger partial charge in [0, 0.05) is 91.9 Å². The van der Waals surface area contributed by atoms with Crippen molar-refractivity contribution in [3.05, 3.63) is 99.5 Å². The van der Waals surface area contributed by atoms with Gasteiger partial charge in [-0.05, 0) is 126 Å². The molecule has 1 unspecified atom stereocenters. The van der Waals surface area contributed by atoms with E-state index in [1.807, 2.05) is 46.6 Å². The first kappa shape index (κ1) is 98.3. The summed E-state index contributed by atoms with van der Waals surface area (Å²) in [5.41, 5.74) is 6.82. The van der Waals surface area contributed by atoms with E-state index >= 15 is 0 Å². The maximum absolute atomic E-state index is 14.8. The van der Waals surface area contributed by atoms with E-state index < -0.39 is 157 Å². The minimum atomic E-state index is -1.60. The van der Waals surface area contributed by atoms with Gasteiger partial charge in [0.15, 0.2) is 6.73 Å². The highest BCUT2D eigenvalue weighted by Crippen LogP contribution is 2.30. The Balaban J connectivity index is 1.06. The summed E-state index contributed by atoms with van der Waals surface area (Å²) in [4.78, 5) is 197. The van der Waals surface area contributed by atoms with Crippen LogP contribution in [0.25, 0.3) is 0 Å². The molecule has 1 aliphatic rings. The third-order valence-electron chi connectivity index (χ3n) is 19.4. The van der Waals surface area contributed by atoms with Crippen LogP contribution in [0.15, 0.2) is 66.4 Å². The van der Waals surface area contributed by atoms with Gasteiger partial charge < -0.3 is 92.7 Å². The number of aromatic nitrogens is 3. The number of nitrogens with zero attached hydrogens (tertiary/aromatic N) is 4. The van der Waals surface area contributed by atoms with Crippen LogP contribution in [0.5, 0.6) is 5.75 Å². The van der Waals surface area contributed by atoms with Gasteiger partial charge in [0.05, 0.1) is 30.9 Å². The molecule has 1 saturated heterocycles. The smallest absolute Gasteiger partial charge is 0.426 e. The molecule has 4 aromatic rings. The number of carboxylic acids is 3. The van der Waals surface area contributed by atoms with Gasteiger partial charge in [-0.3, -0.25) is 58.3 Å². The topological polar surface area (TPSA) is 539 Å². The zero-order valence-electron chi connectivity index (χ0n) is 68.1. The lowest BCUT2D eigenvalue weighted by Crippen LogP contribution is -2.59. The van der Waals surface area contributed by atoms with Gasteiger partial charge in [0.25, 0.3) is 5.91 Å². The SMILES string of the molecule is CCCC(=O)OCN(C(=O)[C@@H](NC(=O)[C@H]1CCCCN1C)C(C)CC)[C@H](C[C@@H](O)c1nc(C(=O)N[C@@H](Cc2ccc(O)cc2)C[C@H](C)C(=O)NNC(=O)OCCSSC[C@@H](C)NC(=O)[C@H](Cc2c[nH]cn2)NC(=O)[C@H](CC(=O)O)NC(=O)Cc2ccc(CNC(=O)NCCCC[C@@H](C)NC(=O)N[C@@H](CCC(=O)O)C(=O)O)cc2)cs1)C(C)C. The molecular formula is C78H116N16O21S3. The zero-order chi connectivity index (χ0) is 87.0. The number of phenols is 1. The van der Waals surface area contributed by atoms with Gasteiger partial charge in [-0.15, -0.1) is 11.3 Å². The number of aliphatic hydroxyl groups is 1. The van der Waals surface area contributed by atoms with Crippen LogP contribution in [0.3, 0.4) is 0 Å². The quantitative estimate of drug-likeness (QED) is 0.00901. The number of imidazole rings is 1. The zero-order valence-corrected chi connectivity index (χ0v) is 70.6.